The third-order valence-corrected chi connectivity index (χ3v) is 2.51. The van der Waals surface area contributed by atoms with E-state index in [1.807, 2.05) is 6.92 Å². The number of hydrogen-bond donors (Lipinski definition) is 1. The number of nitrogens with one attached hydrogen (secondary N) is 1. The van der Waals surface area contributed by atoms with Crippen LogP contribution in [0.15, 0.2) is 24.8 Å². The summed E-state index contributed by atoms with van der Waals surface area (Å²) in [7, 11) is 0. The quantitative estimate of drug-likeness (QED) is 0.512. The van der Waals surface area contributed by atoms with Crippen molar-refractivity contribution in [3.8, 4) is 0 Å². The van der Waals surface area contributed by atoms with Gasteiger partial charge < -0.3 is 5.32 Å². The Labute approximate surface area is 80.7 Å². The van der Waals surface area contributed by atoms with E-state index in [1.54, 1.807) is 0 Å². The smallest absolute Gasteiger partial charge is 0.251 e. The van der Waals surface area contributed by atoms with Crippen LogP contribution in [0.1, 0.15) is 33.6 Å². The van der Waals surface area contributed by atoms with Gasteiger partial charge in [0.15, 0.2) is 0 Å². The van der Waals surface area contributed by atoms with Crippen LogP contribution in [0.2, 0.25) is 0 Å². The van der Waals surface area contributed by atoms with Crippen molar-refractivity contribution in [1.82, 2.24) is 5.32 Å². The number of amides is 1. The van der Waals surface area contributed by atoms with E-state index in [2.05, 4.69) is 32.3 Å². The van der Waals surface area contributed by atoms with Gasteiger partial charge in [-0.1, -0.05) is 33.1 Å². The number of carbonyl (C=O) groups is 1. The van der Waals surface area contributed by atoms with Crippen LogP contribution in [0, 0.1) is 0 Å². The predicted molar refractivity (Wildman–Crippen MR) is 56.5 cm³/mol. The molecule has 0 radical (unpaired) electrons. The standard InChI is InChI=1S/C11H19NO/c1-6-9(4)10(13)12-11(5,7-2)8-3/h6H,1,4,7-8H2,2-3,5H3,(H,12,13). The molecule has 1 N–H and O–H groups in total. The van der Waals surface area contributed by atoms with Gasteiger partial charge in [-0.3, -0.25) is 4.79 Å². The summed E-state index contributed by atoms with van der Waals surface area (Å²) < 4.78 is 0. The Morgan fingerprint density at radius 2 is 1.92 bits per heavy atom. The van der Waals surface area contributed by atoms with E-state index in [1.165, 1.54) is 6.08 Å². The van der Waals surface area contributed by atoms with Crippen molar-refractivity contribution in [1.29, 1.82) is 0 Å². The molecule has 2 heteroatoms. The zero-order valence-electron chi connectivity index (χ0n) is 8.81. The molecule has 0 aliphatic heterocycles. The average Bonchev–Trinajstić information content (AvgIpc) is 2.16. The third kappa shape index (κ3) is 3.45. The Morgan fingerprint density at radius 3 is 2.23 bits per heavy atom. The van der Waals surface area contributed by atoms with Gasteiger partial charge in [0, 0.05) is 11.1 Å². The Balaban J connectivity index is 4.33. The van der Waals surface area contributed by atoms with Gasteiger partial charge in [-0.25, -0.2) is 0 Å². The molecule has 2 nitrogen and oxygen atoms in total. The third-order valence-electron chi connectivity index (χ3n) is 2.51. The van der Waals surface area contributed by atoms with Crippen LogP contribution in [0.4, 0.5) is 0 Å². The van der Waals surface area contributed by atoms with E-state index < -0.39 is 0 Å². The van der Waals surface area contributed by atoms with Crippen LogP contribution in [0.5, 0.6) is 0 Å². The lowest BCUT2D eigenvalue weighted by atomic mass is 9.95. The minimum atomic E-state index is -0.124. The summed E-state index contributed by atoms with van der Waals surface area (Å²) in [5.41, 5.74) is 0.302. The van der Waals surface area contributed by atoms with Gasteiger partial charge in [0.1, 0.15) is 0 Å². The molecule has 0 aliphatic carbocycles. The molecule has 0 spiro atoms. The largest absolute Gasteiger partial charge is 0.347 e. The fourth-order valence-electron chi connectivity index (χ4n) is 0.874. The van der Waals surface area contributed by atoms with E-state index in [0.717, 1.165) is 12.8 Å². The molecule has 0 heterocycles. The first-order valence-corrected chi connectivity index (χ1v) is 4.63. The SMILES string of the molecule is C=CC(=C)C(=O)NC(C)(CC)CC. The Bertz CT molecular complexity index is 214. The molecule has 0 aromatic heterocycles. The first-order chi connectivity index (χ1) is 5.99. The maximum atomic E-state index is 11.4. The summed E-state index contributed by atoms with van der Waals surface area (Å²) in [6.07, 6.45) is 3.31. The molecule has 0 rings (SSSR count). The van der Waals surface area contributed by atoms with Crippen molar-refractivity contribution in [2.75, 3.05) is 0 Å². The monoisotopic (exact) mass is 181 g/mol. The molecule has 0 atom stereocenters. The molecule has 0 saturated carbocycles. The van der Waals surface area contributed by atoms with Gasteiger partial charge in [0.2, 0.25) is 0 Å². The molecular formula is C11H19NO. The molecule has 0 aromatic carbocycles. The summed E-state index contributed by atoms with van der Waals surface area (Å²) >= 11 is 0. The fourth-order valence-corrected chi connectivity index (χ4v) is 0.874. The van der Waals surface area contributed by atoms with Gasteiger partial charge in [0.05, 0.1) is 0 Å². The van der Waals surface area contributed by atoms with E-state index >= 15 is 0 Å². The van der Waals surface area contributed by atoms with E-state index in [-0.39, 0.29) is 11.4 Å². The second kappa shape index (κ2) is 4.85. The maximum Gasteiger partial charge on any atom is 0.251 e. The lowest BCUT2D eigenvalue weighted by Gasteiger charge is -2.28. The molecule has 0 fully saturated rings. The maximum absolute atomic E-state index is 11.4. The summed E-state index contributed by atoms with van der Waals surface area (Å²) in [6, 6.07) is 0. The predicted octanol–water partition coefficient (Wildman–Crippen LogP) is 2.42. The van der Waals surface area contributed by atoms with Gasteiger partial charge in [0.25, 0.3) is 5.91 Å². The van der Waals surface area contributed by atoms with Gasteiger partial charge in [-0.2, -0.15) is 0 Å². The molecule has 0 saturated heterocycles. The highest BCUT2D eigenvalue weighted by molar-refractivity contribution is 5.95. The van der Waals surface area contributed by atoms with Gasteiger partial charge in [-0.15, -0.1) is 0 Å². The zero-order valence-corrected chi connectivity index (χ0v) is 8.81. The van der Waals surface area contributed by atoms with Crippen molar-refractivity contribution >= 4 is 5.91 Å². The first-order valence-electron chi connectivity index (χ1n) is 4.63. The summed E-state index contributed by atoms with van der Waals surface area (Å²) in [4.78, 5) is 11.4. The lowest BCUT2D eigenvalue weighted by molar-refractivity contribution is -0.118. The Kier molecular flexibility index (Phi) is 4.46. The lowest BCUT2D eigenvalue weighted by Crippen LogP contribution is -2.45. The number of hydrogen-bond acceptors (Lipinski definition) is 1. The minimum Gasteiger partial charge on any atom is -0.347 e. The highest BCUT2D eigenvalue weighted by atomic mass is 16.1. The zero-order chi connectivity index (χ0) is 10.5. The molecule has 0 bridgehead atoms. The normalized spacial score (nSPS) is 10.7. The van der Waals surface area contributed by atoms with Crippen LogP contribution >= 0.6 is 0 Å². The Morgan fingerprint density at radius 1 is 1.46 bits per heavy atom. The minimum absolute atomic E-state index is 0.122. The highest BCUT2D eigenvalue weighted by Crippen LogP contribution is 2.14. The van der Waals surface area contributed by atoms with Crippen molar-refractivity contribution in [3.63, 3.8) is 0 Å². The van der Waals surface area contributed by atoms with Crippen molar-refractivity contribution < 1.29 is 4.79 Å². The van der Waals surface area contributed by atoms with Gasteiger partial charge in [-0.05, 0) is 19.8 Å². The van der Waals surface area contributed by atoms with Crippen LogP contribution < -0.4 is 5.32 Å². The van der Waals surface area contributed by atoms with Crippen molar-refractivity contribution in [2.45, 2.75) is 39.2 Å². The van der Waals surface area contributed by atoms with Crippen molar-refractivity contribution in [3.05, 3.63) is 24.8 Å². The molecule has 0 aliphatic rings. The van der Waals surface area contributed by atoms with Crippen LogP contribution in [-0.2, 0) is 4.79 Å². The summed E-state index contributed by atoms with van der Waals surface area (Å²) in [5, 5.41) is 2.93. The highest BCUT2D eigenvalue weighted by Gasteiger charge is 2.21. The molecule has 0 unspecified atom stereocenters. The summed E-state index contributed by atoms with van der Waals surface area (Å²) in [5.74, 6) is -0.124. The molecule has 1 amide bonds. The van der Waals surface area contributed by atoms with Crippen LogP contribution in [-0.4, -0.2) is 11.4 Å². The second-order valence-electron chi connectivity index (χ2n) is 3.45. The second-order valence-corrected chi connectivity index (χ2v) is 3.45. The first kappa shape index (κ1) is 11.9. The Hall–Kier alpha value is -1.05. The topological polar surface area (TPSA) is 29.1 Å². The van der Waals surface area contributed by atoms with E-state index in [9.17, 15) is 4.79 Å². The number of carbonyl (C=O) groups excluding carboxylic acids is 1. The molecule has 13 heavy (non-hydrogen) atoms. The fraction of sp³-hybridized carbons (Fsp3) is 0.545. The number of rotatable bonds is 5. The van der Waals surface area contributed by atoms with Gasteiger partial charge >= 0.3 is 0 Å². The molecular weight excluding hydrogens is 162 g/mol. The average molecular weight is 181 g/mol. The van der Waals surface area contributed by atoms with E-state index in [4.69, 9.17) is 0 Å². The molecule has 74 valence electrons. The van der Waals surface area contributed by atoms with E-state index in [0.29, 0.717) is 5.57 Å². The molecule has 0 aromatic rings. The van der Waals surface area contributed by atoms with Crippen LogP contribution in [0.3, 0.4) is 0 Å². The van der Waals surface area contributed by atoms with Crippen molar-refractivity contribution in [2.24, 2.45) is 0 Å². The summed E-state index contributed by atoms with van der Waals surface area (Å²) in [6.45, 7) is 13.2. The van der Waals surface area contributed by atoms with Crippen LogP contribution in [0.25, 0.3) is 0 Å².